The van der Waals surface area contributed by atoms with Crippen molar-refractivity contribution in [3.05, 3.63) is 48.6 Å². The lowest BCUT2D eigenvalue weighted by Crippen LogP contribution is -2.59. The van der Waals surface area contributed by atoms with Gasteiger partial charge in [-0.15, -0.1) is 0 Å². The molecular formula is C45H78O10. The summed E-state index contributed by atoms with van der Waals surface area (Å²) in [6.07, 6.45) is 34.0. The zero-order valence-electron chi connectivity index (χ0n) is 34.4. The second kappa shape index (κ2) is 36.0. The third-order valence-corrected chi connectivity index (χ3v) is 9.69. The van der Waals surface area contributed by atoms with Gasteiger partial charge in [-0.2, -0.15) is 0 Å². The van der Waals surface area contributed by atoms with Crippen LogP contribution in [0.4, 0.5) is 0 Å². The number of allylic oxidation sites excluding steroid dienone is 8. The van der Waals surface area contributed by atoms with Crippen LogP contribution in [0.2, 0.25) is 0 Å². The molecule has 1 aliphatic heterocycles. The average molecular weight is 779 g/mol. The summed E-state index contributed by atoms with van der Waals surface area (Å²) in [7, 11) is 0. The highest BCUT2D eigenvalue weighted by Gasteiger charge is 2.44. The van der Waals surface area contributed by atoms with Crippen molar-refractivity contribution in [1.29, 1.82) is 0 Å². The average Bonchev–Trinajstić information content (AvgIpc) is 3.18. The van der Waals surface area contributed by atoms with Crippen molar-refractivity contribution in [2.45, 2.75) is 205 Å². The quantitative estimate of drug-likeness (QED) is 0.0279. The molecule has 2 unspecified atom stereocenters. The predicted octanol–water partition coefficient (Wildman–Crippen LogP) is 8.88. The van der Waals surface area contributed by atoms with Crippen LogP contribution in [0, 0.1) is 0 Å². The Kier molecular flexibility index (Phi) is 33.2. The Morgan fingerprint density at radius 2 is 1.02 bits per heavy atom. The Hall–Kier alpha value is -2.34. The summed E-state index contributed by atoms with van der Waals surface area (Å²) in [6.45, 7) is 3.33. The van der Waals surface area contributed by atoms with Crippen LogP contribution < -0.4 is 0 Å². The first-order valence-electron chi connectivity index (χ1n) is 21.7. The van der Waals surface area contributed by atoms with Crippen molar-refractivity contribution in [2.75, 3.05) is 19.8 Å². The van der Waals surface area contributed by atoms with Crippen LogP contribution in [-0.2, 0) is 28.5 Å². The van der Waals surface area contributed by atoms with Gasteiger partial charge in [-0.25, -0.2) is 0 Å². The fourth-order valence-corrected chi connectivity index (χ4v) is 6.19. The van der Waals surface area contributed by atoms with E-state index < -0.39 is 55.4 Å². The van der Waals surface area contributed by atoms with Crippen molar-refractivity contribution in [3.8, 4) is 0 Å². The molecule has 1 saturated heterocycles. The van der Waals surface area contributed by atoms with Crippen molar-refractivity contribution >= 4 is 11.9 Å². The topological polar surface area (TPSA) is 152 Å². The number of ether oxygens (including phenoxy) is 4. The maximum atomic E-state index is 12.7. The molecule has 0 bridgehead atoms. The lowest BCUT2D eigenvalue weighted by molar-refractivity contribution is -0.305. The molecule has 1 heterocycles. The molecule has 10 heteroatoms. The maximum Gasteiger partial charge on any atom is 0.306 e. The van der Waals surface area contributed by atoms with Crippen LogP contribution in [0.3, 0.4) is 0 Å². The fraction of sp³-hybridized carbons (Fsp3) is 0.778. The van der Waals surface area contributed by atoms with Crippen molar-refractivity contribution in [1.82, 2.24) is 0 Å². The SMILES string of the molecule is CCCCC/C=C/C/C=C/CCCCCCCC(=O)O[C@@H](COC(=O)CCCC/C=C/C/C=C/CCCCCCCC)CO[C@H]1O[C@@H](CO)[C@@H](O)C(O)C1O. The summed E-state index contributed by atoms with van der Waals surface area (Å²) in [5, 5.41) is 40.0. The highest BCUT2D eigenvalue weighted by molar-refractivity contribution is 5.70. The van der Waals surface area contributed by atoms with E-state index in [0.717, 1.165) is 70.6 Å². The van der Waals surface area contributed by atoms with Crippen LogP contribution in [0.15, 0.2) is 48.6 Å². The van der Waals surface area contributed by atoms with Crippen LogP contribution in [-0.4, -0.2) is 89.0 Å². The molecule has 1 aliphatic rings. The lowest BCUT2D eigenvalue weighted by Gasteiger charge is -2.39. The van der Waals surface area contributed by atoms with Crippen LogP contribution in [0.1, 0.15) is 168 Å². The maximum absolute atomic E-state index is 12.7. The molecule has 1 rings (SSSR count). The second-order valence-electron chi connectivity index (χ2n) is 14.8. The number of hydrogen-bond donors (Lipinski definition) is 4. The van der Waals surface area contributed by atoms with E-state index in [4.69, 9.17) is 18.9 Å². The van der Waals surface area contributed by atoms with E-state index in [-0.39, 0.29) is 26.1 Å². The standard InChI is InChI=1S/C45H78O10/c1-3-5-7-9-11-13-15-17-19-21-23-25-27-29-31-33-40(47)52-36-38(37-53-45-44(51)43(50)42(49)39(35-46)55-45)54-41(48)34-32-30-28-26-24-22-20-18-16-14-12-10-8-6-4-2/h12,14,17-20,23,25,38-39,42-46,49-51H,3-11,13,15-16,21-22,24,26-37H2,1-2H3/b14-12+,19-17+,20-18+,25-23+/t38-,39-,42+,43?,44?,45-/m0/s1. The summed E-state index contributed by atoms with van der Waals surface area (Å²) in [5.74, 6) is -0.864. The molecule has 0 spiro atoms. The van der Waals surface area contributed by atoms with Crippen molar-refractivity contribution in [3.63, 3.8) is 0 Å². The van der Waals surface area contributed by atoms with E-state index in [1.807, 2.05) is 0 Å². The van der Waals surface area contributed by atoms with Gasteiger partial charge in [0.05, 0.1) is 13.2 Å². The molecule has 0 radical (unpaired) electrons. The monoisotopic (exact) mass is 779 g/mol. The zero-order valence-corrected chi connectivity index (χ0v) is 34.4. The van der Waals surface area contributed by atoms with Crippen molar-refractivity contribution < 1.29 is 49.0 Å². The third-order valence-electron chi connectivity index (χ3n) is 9.69. The van der Waals surface area contributed by atoms with E-state index in [1.54, 1.807) is 0 Å². The molecule has 10 nitrogen and oxygen atoms in total. The zero-order chi connectivity index (χ0) is 40.2. The van der Waals surface area contributed by atoms with E-state index >= 15 is 0 Å². The number of rotatable bonds is 35. The summed E-state index contributed by atoms with van der Waals surface area (Å²) >= 11 is 0. The molecule has 318 valence electrons. The number of unbranched alkanes of at least 4 members (excludes halogenated alkanes) is 16. The van der Waals surface area contributed by atoms with Gasteiger partial charge in [-0.3, -0.25) is 9.59 Å². The van der Waals surface area contributed by atoms with E-state index in [0.29, 0.717) is 12.8 Å². The Labute approximate surface area is 333 Å². The first-order valence-corrected chi connectivity index (χ1v) is 21.7. The van der Waals surface area contributed by atoms with E-state index in [1.165, 1.54) is 57.8 Å². The molecule has 4 N–H and O–H groups in total. The van der Waals surface area contributed by atoms with Gasteiger partial charge in [0.15, 0.2) is 12.4 Å². The Morgan fingerprint density at radius 3 is 1.58 bits per heavy atom. The number of esters is 2. The number of hydrogen-bond acceptors (Lipinski definition) is 10. The van der Waals surface area contributed by atoms with Crippen LogP contribution in [0.25, 0.3) is 0 Å². The molecule has 1 fully saturated rings. The molecule has 0 aromatic heterocycles. The van der Waals surface area contributed by atoms with E-state index in [2.05, 4.69) is 62.5 Å². The Morgan fingerprint density at radius 1 is 0.564 bits per heavy atom. The first-order chi connectivity index (χ1) is 26.8. The van der Waals surface area contributed by atoms with E-state index in [9.17, 15) is 30.0 Å². The minimum Gasteiger partial charge on any atom is -0.462 e. The summed E-state index contributed by atoms with van der Waals surface area (Å²) < 4.78 is 22.1. The van der Waals surface area contributed by atoms with Crippen molar-refractivity contribution in [2.24, 2.45) is 0 Å². The number of carbonyl (C=O) groups is 2. The van der Waals surface area contributed by atoms with Gasteiger partial charge in [0.25, 0.3) is 0 Å². The largest absolute Gasteiger partial charge is 0.462 e. The van der Waals surface area contributed by atoms with Crippen LogP contribution >= 0.6 is 0 Å². The molecular weight excluding hydrogens is 700 g/mol. The molecule has 0 aromatic carbocycles. The van der Waals surface area contributed by atoms with Gasteiger partial charge in [0.2, 0.25) is 0 Å². The van der Waals surface area contributed by atoms with Gasteiger partial charge in [0, 0.05) is 12.8 Å². The highest BCUT2D eigenvalue weighted by atomic mass is 16.7. The Bertz CT molecular complexity index is 1040. The molecule has 6 atom stereocenters. The molecule has 0 saturated carbocycles. The number of aliphatic hydroxyl groups excluding tert-OH is 4. The van der Waals surface area contributed by atoms with Crippen LogP contribution in [0.5, 0.6) is 0 Å². The molecule has 0 amide bonds. The summed E-state index contributed by atoms with van der Waals surface area (Å²) in [5.41, 5.74) is 0. The highest BCUT2D eigenvalue weighted by Crippen LogP contribution is 2.22. The summed E-state index contributed by atoms with van der Waals surface area (Å²) in [4.78, 5) is 25.3. The second-order valence-corrected chi connectivity index (χ2v) is 14.8. The molecule has 0 aliphatic carbocycles. The van der Waals surface area contributed by atoms with Gasteiger partial charge < -0.3 is 39.4 Å². The fourth-order valence-electron chi connectivity index (χ4n) is 6.19. The van der Waals surface area contributed by atoms with Gasteiger partial charge >= 0.3 is 11.9 Å². The smallest absolute Gasteiger partial charge is 0.306 e. The number of aliphatic hydroxyl groups is 4. The summed E-state index contributed by atoms with van der Waals surface area (Å²) in [6, 6.07) is 0. The molecule has 55 heavy (non-hydrogen) atoms. The van der Waals surface area contributed by atoms with Gasteiger partial charge in [-0.1, -0.05) is 127 Å². The third kappa shape index (κ3) is 27.8. The van der Waals surface area contributed by atoms with Gasteiger partial charge in [-0.05, 0) is 77.0 Å². The number of carbonyl (C=O) groups excluding carboxylic acids is 2. The Balaban J connectivity index is 2.39. The first kappa shape index (κ1) is 50.7. The lowest BCUT2D eigenvalue weighted by atomic mass is 9.99. The molecule has 0 aromatic rings. The normalized spacial score (nSPS) is 21.0. The minimum absolute atomic E-state index is 0.206. The predicted molar refractivity (Wildman–Crippen MR) is 219 cm³/mol. The van der Waals surface area contributed by atoms with Gasteiger partial charge in [0.1, 0.15) is 31.0 Å². The minimum atomic E-state index is -1.60.